The van der Waals surface area contributed by atoms with Crippen LogP contribution in [0.25, 0.3) is 6.08 Å². The number of nitro benzene ring substituents is 1. The standard InChI is InChI=1S/C17H13N3O3S/c1-11-2-5-14(6-3-11)24-16-7-4-12(9-15(16)20(22)23)8-13(10-18)17(19)21/h2-9H,1H3,(H2,19,21). The highest BCUT2D eigenvalue weighted by Crippen LogP contribution is 2.35. The first-order valence-corrected chi connectivity index (χ1v) is 7.67. The summed E-state index contributed by atoms with van der Waals surface area (Å²) in [5, 5.41) is 20.2. The summed E-state index contributed by atoms with van der Waals surface area (Å²) in [4.78, 5) is 23.3. The second-order valence-corrected chi connectivity index (χ2v) is 6.05. The van der Waals surface area contributed by atoms with Crippen molar-refractivity contribution in [1.29, 1.82) is 5.26 Å². The van der Waals surface area contributed by atoms with Crippen molar-refractivity contribution >= 4 is 29.4 Å². The Morgan fingerprint density at radius 3 is 2.50 bits per heavy atom. The number of amides is 1. The summed E-state index contributed by atoms with van der Waals surface area (Å²) in [7, 11) is 0. The van der Waals surface area contributed by atoms with Gasteiger partial charge in [0.05, 0.1) is 9.82 Å². The summed E-state index contributed by atoms with van der Waals surface area (Å²) < 4.78 is 0. The summed E-state index contributed by atoms with van der Waals surface area (Å²) in [6.45, 7) is 1.96. The van der Waals surface area contributed by atoms with Crippen molar-refractivity contribution in [1.82, 2.24) is 0 Å². The normalized spacial score (nSPS) is 10.9. The maximum Gasteiger partial charge on any atom is 0.283 e. The second kappa shape index (κ2) is 7.44. The number of nitrogens with two attached hydrogens (primary N) is 1. The maximum atomic E-state index is 11.3. The van der Waals surface area contributed by atoms with E-state index in [2.05, 4.69) is 0 Å². The minimum absolute atomic E-state index is 0.101. The van der Waals surface area contributed by atoms with Gasteiger partial charge in [0.25, 0.3) is 11.6 Å². The predicted molar refractivity (Wildman–Crippen MR) is 91.2 cm³/mol. The van der Waals surface area contributed by atoms with Crippen LogP contribution in [-0.4, -0.2) is 10.8 Å². The number of benzene rings is 2. The quantitative estimate of drug-likeness (QED) is 0.388. The monoisotopic (exact) mass is 339 g/mol. The molecule has 0 bridgehead atoms. The fourth-order valence-corrected chi connectivity index (χ4v) is 2.81. The summed E-state index contributed by atoms with van der Waals surface area (Å²) >= 11 is 1.27. The van der Waals surface area contributed by atoms with Crippen molar-refractivity contribution in [3.8, 4) is 6.07 Å². The third-order valence-electron chi connectivity index (χ3n) is 3.13. The minimum Gasteiger partial charge on any atom is -0.365 e. The van der Waals surface area contributed by atoms with Gasteiger partial charge in [0.1, 0.15) is 11.6 Å². The topological polar surface area (TPSA) is 110 Å². The van der Waals surface area contributed by atoms with E-state index in [1.54, 1.807) is 18.2 Å². The first kappa shape index (κ1) is 17.2. The molecule has 2 aromatic carbocycles. The molecule has 120 valence electrons. The lowest BCUT2D eigenvalue weighted by molar-refractivity contribution is -0.387. The van der Waals surface area contributed by atoms with Crippen LogP contribution in [0.15, 0.2) is 57.8 Å². The first-order valence-electron chi connectivity index (χ1n) is 6.85. The molecule has 0 unspecified atom stereocenters. The second-order valence-electron chi connectivity index (χ2n) is 4.93. The van der Waals surface area contributed by atoms with Crippen LogP contribution >= 0.6 is 11.8 Å². The number of aryl methyl sites for hydroxylation is 1. The molecule has 0 saturated carbocycles. The minimum atomic E-state index is -0.877. The molecule has 0 aliphatic heterocycles. The molecule has 6 nitrogen and oxygen atoms in total. The maximum absolute atomic E-state index is 11.3. The molecule has 2 N–H and O–H groups in total. The molecule has 0 atom stereocenters. The van der Waals surface area contributed by atoms with Crippen LogP contribution in [-0.2, 0) is 4.79 Å². The lowest BCUT2D eigenvalue weighted by atomic mass is 10.1. The molecule has 0 radical (unpaired) electrons. The number of rotatable bonds is 5. The van der Waals surface area contributed by atoms with Gasteiger partial charge in [-0.05, 0) is 36.8 Å². The average molecular weight is 339 g/mol. The van der Waals surface area contributed by atoms with E-state index in [9.17, 15) is 14.9 Å². The molecular weight excluding hydrogens is 326 g/mol. The number of hydrogen-bond donors (Lipinski definition) is 1. The van der Waals surface area contributed by atoms with Gasteiger partial charge in [-0.1, -0.05) is 35.5 Å². The number of nitrogens with zero attached hydrogens (tertiary/aromatic N) is 2. The van der Waals surface area contributed by atoms with Gasteiger partial charge in [-0.25, -0.2) is 0 Å². The average Bonchev–Trinajstić information content (AvgIpc) is 2.55. The molecule has 0 aromatic heterocycles. The van der Waals surface area contributed by atoms with Crippen LogP contribution in [0, 0.1) is 28.4 Å². The van der Waals surface area contributed by atoms with Crippen molar-refractivity contribution in [2.45, 2.75) is 16.7 Å². The molecule has 24 heavy (non-hydrogen) atoms. The zero-order chi connectivity index (χ0) is 17.7. The molecule has 0 aliphatic rings. The highest BCUT2D eigenvalue weighted by Gasteiger charge is 2.16. The molecule has 7 heteroatoms. The lowest BCUT2D eigenvalue weighted by Crippen LogP contribution is -2.12. The van der Waals surface area contributed by atoms with Gasteiger partial charge in [-0.15, -0.1) is 0 Å². The summed E-state index contributed by atoms with van der Waals surface area (Å²) in [6, 6.07) is 13.8. The van der Waals surface area contributed by atoms with Crippen molar-refractivity contribution in [3.05, 3.63) is 69.3 Å². The van der Waals surface area contributed by atoms with Crippen LogP contribution in [0.5, 0.6) is 0 Å². The summed E-state index contributed by atoms with van der Waals surface area (Å²) in [5.74, 6) is -0.877. The molecule has 1 amide bonds. The van der Waals surface area contributed by atoms with Crippen LogP contribution in [0.1, 0.15) is 11.1 Å². The SMILES string of the molecule is Cc1ccc(Sc2ccc(C=C(C#N)C(N)=O)cc2[N+](=O)[O-])cc1. The Morgan fingerprint density at radius 1 is 1.29 bits per heavy atom. The molecule has 0 aliphatic carbocycles. The third kappa shape index (κ3) is 4.21. The Balaban J connectivity index is 2.40. The van der Waals surface area contributed by atoms with E-state index >= 15 is 0 Å². The number of carbonyl (C=O) groups is 1. The van der Waals surface area contributed by atoms with E-state index in [1.165, 1.54) is 23.9 Å². The van der Waals surface area contributed by atoms with E-state index in [0.29, 0.717) is 10.5 Å². The molecule has 0 fully saturated rings. The van der Waals surface area contributed by atoms with Crippen molar-refractivity contribution in [2.24, 2.45) is 5.73 Å². The van der Waals surface area contributed by atoms with Gasteiger partial charge in [-0.3, -0.25) is 14.9 Å². The fourth-order valence-electron chi connectivity index (χ4n) is 1.91. The largest absolute Gasteiger partial charge is 0.365 e. The van der Waals surface area contributed by atoms with E-state index < -0.39 is 10.8 Å². The van der Waals surface area contributed by atoms with Crippen molar-refractivity contribution in [2.75, 3.05) is 0 Å². The van der Waals surface area contributed by atoms with Gasteiger partial charge < -0.3 is 5.73 Å². The van der Waals surface area contributed by atoms with Gasteiger partial charge >= 0.3 is 0 Å². The summed E-state index contributed by atoms with van der Waals surface area (Å²) in [6.07, 6.45) is 1.23. The number of nitro groups is 1. The van der Waals surface area contributed by atoms with Crippen LogP contribution in [0.2, 0.25) is 0 Å². The third-order valence-corrected chi connectivity index (χ3v) is 4.20. The van der Waals surface area contributed by atoms with Gasteiger partial charge in [-0.2, -0.15) is 5.26 Å². The Kier molecular flexibility index (Phi) is 5.35. The summed E-state index contributed by atoms with van der Waals surface area (Å²) in [5.41, 5.74) is 6.18. The molecule has 0 spiro atoms. The molecule has 0 heterocycles. The van der Waals surface area contributed by atoms with Crippen LogP contribution < -0.4 is 5.73 Å². The Hall–Kier alpha value is -3.11. The molecule has 2 rings (SSSR count). The predicted octanol–water partition coefficient (Wildman–Crippen LogP) is 3.45. The van der Waals surface area contributed by atoms with Crippen molar-refractivity contribution in [3.63, 3.8) is 0 Å². The first-order chi connectivity index (χ1) is 11.4. The highest BCUT2D eigenvalue weighted by atomic mass is 32.2. The zero-order valence-corrected chi connectivity index (χ0v) is 13.5. The van der Waals surface area contributed by atoms with Crippen LogP contribution in [0.3, 0.4) is 0 Å². The van der Waals surface area contributed by atoms with Crippen molar-refractivity contribution < 1.29 is 9.72 Å². The number of primary amides is 1. The van der Waals surface area contributed by atoms with Gasteiger partial charge in [0.15, 0.2) is 0 Å². The molecule has 2 aromatic rings. The smallest absolute Gasteiger partial charge is 0.283 e. The Labute approximate surface area is 142 Å². The van der Waals surface area contributed by atoms with Gasteiger partial charge in [0, 0.05) is 11.0 Å². The van der Waals surface area contributed by atoms with E-state index in [1.807, 2.05) is 31.2 Å². The van der Waals surface area contributed by atoms with Crippen LogP contribution in [0.4, 0.5) is 5.69 Å². The Morgan fingerprint density at radius 2 is 1.96 bits per heavy atom. The molecular formula is C17H13N3O3S. The number of carbonyl (C=O) groups excluding carboxylic acids is 1. The van der Waals surface area contributed by atoms with E-state index in [-0.39, 0.29) is 11.3 Å². The molecule has 0 saturated heterocycles. The zero-order valence-electron chi connectivity index (χ0n) is 12.7. The highest BCUT2D eigenvalue weighted by molar-refractivity contribution is 7.99. The lowest BCUT2D eigenvalue weighted by Gasteiger charge is -2.05. The van der Waals surface area contributed by atoms with E-state index in [0.717, 1.165) is 10.5 Å². The number of hydrogen-bond acceptors (Lipinski definition) is 5. The fraction of sp³-hybridized carbons (Fsp3) is 0.0588. The Bertz CT molecular complexity index is 868. The van der Waals surface area contributed by atoms with Gasteiger partial charge in [0.2, 0.25) is 0 Å². The van der Waals surface area contributed by atoms with E-state index in [4.69, 9.17) is 11.0 Å². The number of nitriles is 1.